The molecule has 1 unspecified atom stereocenters. The molecule has 1 aromatic heterocycles. The monoisotopic (exact) mass is 253 g/mol. The van der Waals surface area contributed by atoms with Crippen LogP contribution in [-0.4, -0.2) is 17.4 Å². The Morgan fingerprint density at radius 2 is 2.35 bits per heavy atom. The molecule has 2 rings (SSSR count). The van der Waals surface area contributed by atoms with Crippen LogP contribution in [0.5, 0.6) is 0 Å². The van der Waals surface area contributed by atoms with Crippen molar-refractivity contribution >= 4 is 23.3 Å². The van der Waals surface area contributed by atoms with Crippen LogP contribution >= 0.6 is 11.6 Å². The van der Waals surface area contributed by atoms with Gasteiger partial charge in [-0.3, -0.25) is 4.79 Å². The predicted octanol–water partition coefficient (Wildman–Crippen LogP) is 2.09. The quantitative estimate of drug-likeness (QED) is 0.863. The van der Waals surface area contributed by atoms with Crippen molar-refractivity contribution in [2.45, 2.75) is 19.8 Å². The van der Waals surface area contributed by atoms with Crippen LogP contribution in [0, 0.1) is 11.8 Å². The second kappa shape index (κ2) is 4.92. The van der Waals surface area contributed by atoms with Crippen LogP contribution in [0.4, 0.5) is 5.82 Å². The Morgan fingerprint density at radius 3 is 3.00 bits per heavy atom. The molecule has 1 aromatic rings. The Bertz CT molecular complexity index is 432. The normalized spacial score (nSPS) is 16.6. The molecule has 4 nitrogen and oxygen atoms in total. The number of nitrogens with zero attached hydrogens (tertiary/aromatic N) is 1. The van der Waals surface area contributed by atoms with Crippen molar-refractivity contribution in [3.8, 4) is 0 Å². The van der Waals surface area contributed by atoms with Crippen LogP contribution in [-0.2, 0) is 0 Å². The molecule has 1 saturated carbocycles. The van der Waals surface area contributed by atoms with Crippen molar-refractivity contribution in [1.82, 2.24) is 10.3 Å². The lowest BCUT2D eigenvalue weighted by molar-refractivity contribution is 0.0942. The van der Waals surface area contributed by atoms with E-state index in [4.69, 9.17) is 17.3 Å². The van der Waals surface area contributed by atoms with Crippen LogP contribution in [0.25, 0.3) is 0 Å². The minimum absolute atomic E-state index is 0.203. The summed E-state index contributed by atoms with van der Waals surface area (Å²) < 4.78 is 0. The molecule has 1 atom stereocenters. The van der Waals surface area contributed by atoms with E-state index in [0.29, 0.717) is 23.3 Å². The molecular formula is C12H16ClN3O. The first-order valence-corrected chi connectivity index (χ1v) is 6.16. The van der Waals surface area contributed by atoms with Gasteiger partial charge >= 0.3 is 0 Å². The lowest BCUT2D eigenvalue weighted by atomic mass is 10.1. The van der Waals surface area contributed by atoms with Gasteiger partial charge in [0.2, 0.25) is 0 Å². The summed E-state index contributed by atoms with van der Waals surface area (Å²) in [6, 6.07) is 3.16. The standard InChI is InChI=1S/C12H16ClN3O/c1-7(8-2-3-8)6-15-12(17)11-9(13)4-5-10(14)16-11/h4-5,7-8H,2-3,6H2,1H3,(H2,14,16)(H,15,17). The number of carbonyl (C=O) groups excluding carboxylic acids is 1. The van der Waals surface area contributed by atoms with Crippen LogP contribution in [0.2, 0.25) is 5.02 Å². The Balaban J connectivity index is 1.96. The highest BCUT2D eigenvalue weighted by atomic mass is 35.5. The first-order valence-electron chi connectivity index (χ1n) is 5.78. The van der Waals surface area contributed by atoms with Crippen LogP contribution in [0.15, 0.2) is 12.1 Å². The molecule has 0 bridgehead atoms. The molecule has 0 aliphatic heterocycles. The molecule has 17 heavy (non-hydrogen) atoms. The largest absolute Gasteiger partial charge is 0.384 e. The number of nitrogens with two attached hydrogens (primary N) is 1. The fourth-order valence-electron chi connectivity index (χ4n) is 1.79. The molecule has 1 heterocycles. The summed E-state index contributed by atoms with van der Waals surface area (Å²) in [5, 5.41) is 3.18. The maximum atomic E-state index is 11.9. The highest BCUT2D eigenvalue weighted by Crippen LogP contribution is 2.36. The number of hydrogen-bond donors (Lipinski definition) is 2. The van der Waals surface area contributed by atoms with E-state index in [1.165, 1.54) is 12.8 Å². The molecule has 1 fully saturated rings. The van der Waals surface area contributed by atoms with Gasteiger partial charge in [-0.25, -0.2) is 4.98 Å². The van der Waals surface area contributed by atoms with Gasteiger partial charge in [-0.1, -0.05) is 18.5 Å². The lowest BCUT2D eigenvalue weighted by Crippen LogP contribution is -2.30. The number of halogens is 1. The molecule has 1 aliphatic rings. The van der Waals surface area contributed by atoms with E-state index in [0.717, 1.165) is 5.92 Å². The minimum Gasteiger partial charge on any atom is -0.384 e. The van der Waals surface area contributed by atoms with E-state index in [-0.39, 0.29) is 11.6 Å². The van der Waals surface area contributed by atoms with E-state index in [1.807, 2.05) is 0 Å². The molecule has 3 N–H and O–H groups in total. The molecule has 1 amide bonds. The number of nitrogens with one attached hydrogen (secondary N) is 1. The van der Waals surface area contributed by atoms with Gasteiger partial charge in [0.15, 0.2) is 0 Å². The summed E-state index contributed by atoms with van der Waals surface area (Å²) in [5.41, 5.74) is 5.73. The average Bonchev–Trinajstić information content (AvgIpc) is 3.12. The van der Waals surface area contributed by atoms with Crippen molar-refractivity contribution in [3.63, 3.8) is 0 Å². The second-order valence-electron chi connectivity index (χ2n) is 4.59. The number of amides is 1. The van der Waals surface area contributed by atoms with Gasteiger partial charge in [-0.2, -0.15) is 0 Å². The molecule has 92 valence electrons. The second-order valence-corrected chi connectivity index (χ2v) is 5.00. The topological polar surface area (TPSA) is 68.0 Å². The van der Waals surface area contributed by atoms with E-state index in [9.17, 15) is 4.79 Å². The number of aromatic nitrogens is 1. The van der Waals surface area contributed by atoms with E-state index >= 15 is 0 Å². The van der Waals surface area contributed by atoms with E-state index < -0.39 is 0 Å². The predicted molar refractivity (Wildman–Crippen MR) is 67.9 cm³/mol. The maximum absolute atomic E-state index is 11.9. The SMILES string of the molecule is CC(CNC(=O)c1nc(N)ccc1Cl)C1CC1. The van der Waals surface area contributed by atoms with Crippen LogP contribution in [0.1, 0.15) is 30.3 Å². The molecule has 0 aromatic carbocycles. The van der Waals surface area contributed by atoms with Crippen LogP contribution in [0.3, 0.4) is 0 Å². The van der Waals surface area contributed by atoms with Crippen molar-refractivity contribution in [2.24, 2.45) is 11.8 Å². The summed E-state index contributed by atoms with van der Waals surface area (Å²) in [7, 11) is 0. The number of rotatable bonds is 4. The van der Waals surface area contributed by atoms with Crippen LogP contribution < -0.4 is 11.1 Å². The summed E-state index contributed by atoms with van der Waals surface area (Å²) in [4.78, 5) is 15.8. The molecule has 5 heteroatoms. The third-order valence-corrected chi connectivity index (χ3v) is 3.40. The smallest absolute Gasteiger partial charge is 0.271 e. The fourth-order valence-corrected chi connectivity index (χ4v) is 1.98. The first kappa shape index (κ1) is 12.2. The Hall–Kier alpha value is -1.29. The van der Waals surface area contributed by atoms with Gasteiger partial charge in [-0.15, -0.1) is 0 Å². The fraction of sp³-hybridized carbons (Fsp3) is 0.500. The highest BCUT2D eigenvalue weighted by Gasteiger charge is 2.28. The summed E-state index contributed by atoms with van der Waals surface area (Å²) in [6.07, 6.45) is 2.54. The molecular weight excluding hydrogens is 238 g/mol. The van der Waals surface area contributed by atoms with Gasteiger partial charge < -0.3 is 11.1 Å². The molecule has 1 aliphatic carbocycles. The number of anilines is 1. The number of carbonyl (C=O) groups is 1. The zero-order chi connectivity index (χ0) is 12.4. The van der Waals surface area contributed by atoms with E-state index in [2.05, 4.69) is 17.2 Å². The Morgan fingerprint density at radius 1 is 1.65 bits per heavy atom. The zero-order valence-electron chi connectivity index (χ0n) is 9.74. The maximum Gasteiger partial charge on any atom is 0.271 e. The summed E-state index contributed by atoms with van der Waals surface area (Å²) >= 11 is 5.90. The molecule has 0 spiro atoms. The van der Waals surface area contributed by atoms with Crippen molar-refractivity contribution in [2.75, 3.05) is 12.3 Å². The number of hydrogen-bond acceptors (Lipinski definition) is 3. The van der Waals surface area contributed by atoms with Crippen molar-refractivity contribution in [1.29, 1.82) is 0 Å². The van der Waals surface area contributed by atoms with Crippen molar-refractivity contribution < 1.29 is 4.79 Å². The third-order valence-electron chi connectivity index (χ3n) is 3.09. The van der Waals surface area contributed by atoms with Gasteiger partial charge in [0.1, 0.15) is 11.5 Å². The number of pyridine rings is 1. The van der Waals surface area contributed by atoms with Gasteiger partial charge in [0, 0.05) is 6.54 Å². The molecule has 0 radical (unpaired) electrons. The average molecular weight is 254 g/mol. The first-order chi connectivity index (χ1) is 8.08. The lowest BCUT2D eigenvalue weighted by Gasteiger charge is -2.11. The van der Waals surface area contributed by atoms with E-state index in [1.54, 1.807) is 12.1 Å². The van der Waals surface area contributed by atoms with Gasteiger partial charge in [-0.05, 0) is 36.8 Å². The Labute approximate surface area is 106 Å². The third kappa shape index (κ3) is 3.09. The zero-order valence-corrected chi connectivity index (χ0v) is 10.5. The van der Waals surface area contributed by atoms with Gasteiger partial charge in [0.05, 0.1) is 5.02 Å². The molecule has 0 saturated heterocycles. The highest BCUT2D eigenvalue weighted by molar-refractivity contribution is 6.33. The van der Waals surface area contributed by atoms with Crippen molar-refractivity contribution in [3.05, 3.63) is 22.8 Å². The Kier molecular flexibility index (Phi) is 3.52. The summed E-state index contributed by atoms with van der Waals surface area (Å²) in [6.45, 7) is 2.81. The minimum atomic E-state index is -0.255. The van der Waals surface area contributed by atoms with Gasteiger partial charge in [0.25, 0.3) is 5.91 Å². The number of nitrogen functional groups attached to an aromatic ring is 1. The summed E-state index contributed by atoms with van der Waals surface area (Å²) in [5.74, 6) is 1.32.